The molecule has 47 heavy (non-hydrogen) atoms. The summed E-state index contributed by atoms with van der Waals surface area (Å²) in [6, 6.07) is -0.860. The predicted molar refractivity (Wildman–Crippen MR) is 198 cm³/mol. The van der Waals surface area contributed by atoms with Crippen LogP contribution in [0.5, 0.6) is 0 Å². The second-order valence-corrected chi connectivity index (χ2v) is 14.6. The molecule has 0 aliphatic rings. The van der Waals surface area contributed by atoms with Gasteiger partial charge in [0.05, 0.1) is 25.4 Å². The van der Waals surface area contributed by atoms with Crippen molar-refractivity contribution in [1.29, 1.82) is 0 Å². The molecular formula is C38H75N2O6P. The minimum absolute atomic E-state index is 0.0778. The zero-order valence-electron chi connectivity index (χ0n) is 30.5. The van der Waals surface area contributed by atoms with Crippen LogP contribution in [-0.4, -0.2) is 47.8 Å². The number of phosphoric ester groups is 1. The number of hydrogen-bond acceptors (Lipinski definition) is 6. The Morgan fingerprint density at radius 1 is 0.681 bits per heavy atom. The molecule has 0 heterocycles. The van der Waals surface area contributed by atoms with E-state index in [1.807, 2.05) is 6.08 Å². The second-order valence-electron chi connectivity index (χ2n) is 13.1. The van der Waals surface area contributed by atoms with Gasteiger partial charge in [0.15, 0.2) is 0 Å². The molecule has 0 aliphatic carbocycles. The SMILES string of the molecule is CCCCCC/C=C\CCCCCCCC(=O)NC(COP(=O)(O)OCCN)C(O)/C=C/CCCCCCCCCCCCCCC. The quantitative estimate of drug-likeness (QED) is 0.0293. The highest BCUT2D eigenvalue weighted by atomic mass is 31.2. The minimum Gasteiger partial charge on any atom is -0.387 e. The van der Waals surface area contributed by atoms with Gasteiger partial charge >= 0.3 is 7.82 Å². The molecule has 0 aromatic carbocycles. The van der Waals surface area contributed by atoms with Gasteiger partial charge in [0.2, 0.25) is 5.91 Å². The molecule has 0 spiro atoms. The maximum atomic E-state index is 12.7. The number of aliphatic hydroxyl groups excluding tert-OH is 1. The molecular weight excluding hydrogens is 611 g/mol. The molecule has 0 aromatic heterocycles. The van der Waals surface area contributed by atoms with E-state index in [0.29, 0.717) is 6.42 Å². The number of allylic oxidation sites excluding steroid dienone is 3. The summed E-state index contributed by atoms with van der Waals surface area (Å²) in [5.41, 5.74) is 5.35. The Hall–Kier alpha value is -1.02. The number of carbonyl (C=O) groups is 1. The summed E-state index contributed by atoms with van der Waals surface area (Å²) in [5, 5.41) is 13.6. The fourth-order valence-corrected chi connectivity index (χ4v) is 6.30. The van der Waals surface area contributed by atoms with Crippen LogP contribution in [0.15, 0.2) is 24.3 Å². The normalized spacial score (nSPS) is 14.6. The van der Waals surface area contributed by atoms with Crippen LogP contribution in [0.25, 0.3) is 0 Å². The standard InChI is InChI=1S/C38H75N2O6P/c1-3-5-7-9-11-13-15-17-18-20-21-23-25-27-29-31-37(41)36(35-46-47(43,44)45-34-33-39)40-38(42)32-30-28-26-24-22-19-16-14-12-10-8-6-4-2/h14,16,29,31,36-37,41H,3-13,15,17-28,30,32-35,39H2,1-2H3,(H,40,42)(H,43,44)/b16-14-,31-29+. The Kier molecular flexibility index (Phi) is 34.1. The van der Waals surface area contributed by atoms with Gasteiger partial charge in [-0.3, -0.25) is 13.8 Å². The molecule has 1 amide bonds. The van der Waals surface area contributed by atoms with Gasteiger partial charge in [-0.25, -0.2) is 4.57 Å². The van der Waals surface area contributed by atoms with E-state index >= 15 is 0 Å². The Balaban J connectivity index is 4.32. The van der Waals surface area contributed by atoms with Crippen molar-refractivity contribution >= 4 is 13.7 Å². The summed E-state index contributed by atoms with van der Waals surface area (Å²) in [4.78, 5) is 22.6. The lowest BCUT2D eigenvalue weighted by molar-refractivity contribution is -0.123. The third kappa shape index (κ3) is 33.3. The van der Waals surface area contributed by atoms with E-state index in [1.54, 1.807) is 6.08 Å². The molecule has 3 unspecified atom stereocenters. The summed E-state index contributed by atoms with van der Waals surface area (Å²) in [6.07, 6.45) is 37.9. The van der Waals surface area contributed by atoms with Crippen LogP contribution < -0.4 is 11.1 Å². The van der Waals surface area contributed by atoms with Gasteiger partial charge < -0.3 is 21.1 Å². The fraction of sp³-hybridized carbons (Fsp3) is 0.868. The summed E-state index contributed by atoms with van der Waals surface area (Å²) in [5.74, 6) is -0.204. The van der Waals surface area contributed by atoms with Crippen molar-refractivity contribution in [2.75, 3.05) is 19.8 Å². The highest BCUT2D eigenvalue weighted by Crippen LogP contribution is 2.43. The summed E-state index contributed by atoms with van der Waals surface area (Å²) >= 11 is 0. The first-order valence-corrected chi connectivity index (χ1v) is 21.0. The van der Waals surface area contributed by atoms with Gasteiger partial charge in [-0.15, -0.1) is 0 Å². The molecule has 0 fully saturated rings. The monoisotopic (exact) mass is 687 g/mol. The number of phosphoric acid groups is 1. The molecule has 8 nitrogen and oxygen atoms in total. The van der Waals surface area contributed by atoms with Crippen LogP contribution in [0.4, 0.5) is 0 Å². The van der Waals surface area contributed by atoms with E-state index in [9.17, 15) is 19.4 Å². The van der Waals surface area contributed by atoms with E-state index in [1.165, 1.54) is 109 Å². The molecule has 0 aliphatic heterocycles. The maximum Gasteiger partial charge on any atom is 0.472 e. The van der Waals surface area contributed by atoms with Crippen LogP contribution in [0.2, 0.25) is 0 Å². The lowest BCUT2D eigenvalue weighted by Crippen LogP contribution is -2.45. The summed E-state index contributed by atoms with van der Waals surface area (Å²) in [7, 11) is -4.33. The second kappa shape index (κ2) is 34.8. The van der Waals surface area contributed by atoms with Crippen molar-refractivity contribution in [3.05, 3.63) is 24.3 Å². The Labute approximate surface area is 289 Å². The molecule has 3 atom stereocenters. The van der Waals surface area contributed by atoms with Crippen LogP contribution in [-0.2, 0) is 18.4 Å². The third-order valence-corrected chi connectivity index (χ3v) is 9.51. The Morgan fingerprint density at radius 2 is 1.11 bits per heavy atom. The van der Waals surface area contributed by atoms with Crippen LogP contribution in [0.3, 0.4) is 0 Å². The molecule has 9 heteroatoms. The Morgan fingerprint density at radius 3 is 1.60 bits per heavy atom. The fourth-order valence-electron chi connectivity index (χ4n) is 5.54. The number of nitrogens with two attached hydrogens (primary N) is 1. The van der Waals surface area contributed by atoms with Gasteiger partial charge in [-0.1, -0.05) is 154 Å². The van der Waals surface area contributed by atoms with Crippen molar-refractivity contribution in [2.45, 2.75) is 193 Å². The van der Waals surface area contributed by atoms with Crippen molar-refractivity contribution < 1.29 is 28.4 Å². The zero-order valence-corrected chi connectivity index (χ0v) is 31.4. The smallest absolute Gasteiger partial charge is 0.387 e. The molecule has 0 bridgehead atoms. The van der Waals surface area contributed by atoms with E-state index < -0.39 is 20.0 Å². The van der Waals surface area contributed by atoms with E-state index in [2.05, 4.69) is 31.3 Å². The average molecular weight is 687 g/mol. The van der Waals surface area contributed by atoms with Crippen LogP contribution >= 0.6 is 7.82 Å². The van der Waals surface area contributed by atoms with Gasteiger partial charge in [0, 0.05) is 13.0 Å². The van der Waals surface area contributed by atoms with Crippen molar-refractivity contribution in [3.8, 4) is 0 Å². The van der Waals surface area contributed by atoms with Crippen molar-refractivity contribution in [2.24, 2.45) is 5.73 Å². The maximum absolute atomic E-state index is 12.7. The third-order valence-electron chi connectivity index (χ3n) is 8.52. The molecule has 0 aromatic rings. The minimum atomic E-state index is -4.33. The summed E-state index contributed by atoms with van der Waals surface area (Å²) < 4.78 is 22.0. The van der Waals surface area contributed by atoms with Gasteiger partial charge in [-0.2, -0.15) is 0 Å². The molecule has 5 N–H and O–H groups in total. The molecule has 0 rings (SSSR count). The first-order valence-electron chi connectivity index (χ1n) is 19.5. The number of rotatable bonds is 36. The summed E-state index contributed by atoms with van der Waals surface area (Å²) in [6.45, 7) is 4.10. The van der Waals surface area contributed by atoms with Crippen LogP contribution in [0.1, 0.15) is 181 Å². The average Bonchev–Trinajstić information content (AvgIpc) is 3.05. The zero-order chi connectivity index (χ0) is 34.7. The van der Waals surface area contributed by atoms with Gasteiger partial charge in [0.1, 0.15) is 0 Å². The molecule has 0 saturated carbocycles. The molecule has 0 radical (unpaired) electrons. The number of amides is 1. The van der Waals surface area contributed by atoms with E-state index in [-0.39, 0.29) is 25.7 Å². The number of carbonyl (C=O) groups excluding carboxylic acids is 1. The topological polar surface area (TPSA) is 131 Å². The largest absolute Gasteiger partial charge is 0.472 e. The molecule has 278 valence electrons. The van der Waals surface area contributed by atoms with E-state index in [4.69, 9.17) is 14.8 Å². The highest BCUT2D eigenvalue weighted by Gasteiger charge is 2.26. The number of unbranched alkanes of at least 4 members (excludes halogenated alkanes) is 22. The van der Waals surface area contributed by atoms with E-state index in [0.717, 1.165) is 51.4 Å². The first kappa shape index (κ1) is 46.0. The number of hydrogen-bond donors (Lipinski definition) is 4. The van der Waals surface area contributed by atoms with Crippen molar-refractivity contribution in [3.63, 3.8) is 0 Å². The predicted octanol–water partition coefficient (Wildman–Crippen LogP) is 10.2. The van der Waals surface area contributed by atoms with Crippen molar-refractivity contribution in [1.82, 2.24) is 5.32 Å². The Bertz CT molecular complexity index is 794. The van der Waals surface area contributed by atoms with Gasteiger partial charge in [-0.05, 0) is 44.9 Å². The first-order chi connectivity index (χ1) is 22.9. The number of nitrogens with one attached hydrogen (secondary N) is 1. The van der Waals surface area contributed by atoms with Crippen LogP contribution in [0, 0.1) is 0 Å². The number of aliphatic hydroxyl groups is 1. The molecule has 0 saturated heterocycles. The van der Waals surface area contributed by atoms with Gasteiger partial charge in [0.25, 0.3) is 0 Å². The lowest BCUT2D eigenvalue weighted by atomic mass is 10.0. The highest BCUT2D eigenvalue weighted by molar-refractivity contribution is 7.47. The lowest BCUT2D eigenvalue weighted by Gasteiger charge is -2.23.